The number of aryl methyl sites for hydroxylation is 1. The molecule has 2 N–H and O–H groups in total. The lowest BCUT2D eigenvalue weighted by Gasteiger charge is -2.48. The van der Waals surface area contributed by atoms with Gasteiger partial charge in [0.25, 0.3) is 5.91 Å². The molecule has 0 radical (unpaired) electrons. The zero-order valence-corrected chi connectivity index (χ0v) is 18.5. The molecule has 1 aliphatic carbocycles. The first-order valence-corrected chi connectivity index (χ1v) is 11.1. The normalized spacial score (nSPS) is 22.5. The van der Waals surface area contributed by atoms with Gasteiger partial charge in [-0.2, -0.15) is 0 Å². The molecule has 7 nitrogen and oxygen atoms in total. The molecular formula is C25H29N3O4. The Morgan fingerprint density at radius 2 is 1.81 bits per heavy atom. The summed E-state index contributed by atoms with van der Waals surface area (Å²) in [6.07, 6.45) is 3.56. The molecular weight excluding hydrogens is 406 g/mol. The summed E-state index contributed by atoms with van der Waals surface area (Å²) in [6, 6.07) is 13.3. The van der Waals surface area contributed by atoms with Gasteiger partial charge in [0.2, 0.25) is 11.8 Å². The van der Waals surface area contributed by atoms with Gasteiger partial charge in [0, 0.05) is 17.3 Å². The molecule has 4 rings (SSSR count). The maximum Gasteiger partial charge on any atom is 0.254 e. The minimum absolute atomic E-state index is 0.0749. The Bertz CT molecular complexity index is 1000. The number of rotatable bonds is 5. The topological polar surface area (TPSA) is 87.7 Å². The second kappa shape index (κ2) is 9.42. The van der Waals surface area contributed by atoms with Crippen LogP contribution in [0.5, 0.6) is 5.75 Å². The van der Waals surface area contributed by atoms with Crippen LogP contribution in [-0.4, -0.2) is 47.9 Å². The second-order valence-electron chi connectivity index (χ2n) is 8.49. The average Bonchev–Trinajstić information content (AvgIpc) is 2.80. The zero-order chi connectivity index (χ0) is 22.7. The van der Waals surface area contributed by atoms with E-state index in [1.54, 1.807) is 36.3 Å². The van der Waals surface area contributed by atoms with Gasteiger partial charge < -0.3 is 20.3 Å². The number of methoxy groups -OCH3 is 1. The molecule has 1 saturated carbocycles. The van der Waals surface area contributed by atoms with Crippen LogP contribution in [0.3, 0.4) is 0 Å². The molecule has 1 heterocycles. The first-order valence-electron chi connectivity index (χ1n) is 11.1. The van der Waals surface area contributed by atoms with Crippen molar-refractivity contribution in [3.63, 3.8) is 0 Å². The molecule has 2 aromatic carbocycles. The standard InChI is InChI=1S/C25H29N3O4/c1-16-7-3-4-8-19(16)26-23(29)15-22-24(30)27-20-9-5-6-10-21(20)28(22)25(31)17-11-13-18(32-2)14-12-17/h3-4,7-8,11-14,20-22H,5-6,9-10,15H2,1-2H3,(H,26,29)(H,27,30)/t20-,21-,22-/m0/s1. The number of amides is 3. The van der Waals surface area contributed by atoms with Crippen LogP contribution in [-0.2, 0) is 9.59 Å². The van der Waals surface area contributed by atoms with Crippen molar-refractivity contribution < 1.29 is 19.1 Å². The summed E-state index contributed by atoms with van der Waals surface area (Å²) in [7, 11) is 1.57. The van der Waals surface area contributed by atoms with E-state index in [1.165, 1.54) is 0 Å². The van der Waals surface area contributed by atoms with Crippen molar-refractivity contribution in [2.45, 2.75) is 57.2 Å². The van der Waals surface area contributed by atoms with Gasteiger partial charge in [0.05, 0.1) is 19.6 Å². The van der Waals surface area contributed by atoms with E-state index in [4.69, 9.17) is 4.74 Å². The van der Waals surface area contributed by atoms with Crippen LogP contribution in [0.1, 0.15) is 48.0 Å². The van der Waals surface area contributed by atoms with Crippen LogP contribution in [0.25, 0.3) is 0 Å². The average molecular weight is 436 g/mol. The maximum absolute atomic E-state index is 13.6. The Balaban J connectivity index is 1.60. The number of carbonyl (C=O) groups excluding carboxylic acids is 3. The third kappa shape index (κ3) is 4.47. The zero-order valence-electron chi connectivity index (χ0n) is 18.5. The third-order valence-electron chi connectivity index (χ3n) is 6.42. The summed E-state index contributed by atoms with van der Waals surface area (Å²) in [6.45, 7) is 1.91. The SMILES string of the molecule is COc1ccc(C(=O)N2[C@@H](CC(=O)Nc3ccccc3C)C(=O)N[C@H]3CCCC[C@@H]32)cc1. The van der Waals surface area contributed by atoms with Crippen molar-refractivity contribution in [2.24, 2.45) is 0 Å². The van der Waals surface area contributed by atoms with Gasteiger partial charge in [-0.25, -0.2) is 0 Å². The van der Waals surface area contributed by atoms with Gasteiger partial charge in [-0.3, -0.25) is 14.4 Å². The highest BCUT2D eigenvalue weighted by Crippen LogP contribution is 2.31. The Morgan fingerprint density at radius 3 is 2.53 bits per heavy atom. The summed E-state index contributed by atoms with van der Waals surface area (Å²) < 4.78 is 5.20. The lowest BCUT2D eigenvalue weighted by atomic mass is 9.84. The van der Waals surface area contributed by atoms with Gasteiger partial charge in [-0.05, 0) is 55.7 Å². The first-order chi connectivity index (χ1) is 15.5. The number of hydrogen-bond donors (Lipinski definition) is 2. The fourth-order valence-corrected chi connectivity index (χ4v) is 4.70. The molecule has 2 aliphatic rings. The molecule has 3 atom stereocenters. The predicted octanol–water partition coefficient (Wildman–Crippen LogP) is 3.28. The van der Waals surface area contributed by atoms with Crippen LogP contribution in [0.15, 0.2) is 48.5 Å². The van der Waals surface area contributed by atoms with Crippen molar-refractivity contribution in [3.8, 4) is 5.75 Å². The van der Waals surface area contributed by atoms with E-state index in [9.17, 15) is 14.4 Å². The molecule has 7 heteroatoms. The van der Waals surface area contributed by atoms with E-state index in [1.807, 2.05) is 31.2 Å². The Morgan fingerprint density at radius 1 is 1.09 bits per heavy atom. The largest absolute Gasteiger partial charge is 0.497 e. The lowest BCUT2D eigenvalue weighted by molar-refractivity contribution is -0.135. The summed E-state index contributed by atoms with van der Waals surface area (Å²) in [5.41, 5.74) is 2.12. The van der Waals surface area contributed by atoms with Crippen molar-refractivity contribution in [3.05, 3.63) is 59.7 Å². The number of hydrogen-bond acceptors (Lipinski definition) is 4. The molecule has 32 heavy (non-hydrogen) atoms. The highest BCUT2D eigenvalue weighted by atomic mass is 16.5. The minimum Gasteiger partial charge on any atom is -0.497 e. The van der Waals surface area contributed by atoms with Crippen LogP contribution in [0.4, 0.5) is 5.69 Å². The molecule has 0 bridgehead atoms. The Hall–Kier alpha value is -3.35. The minimum atomic E-state index is -0.854. The molecule has 3 amide bonds. The van der Waals surface area contributed by atoms with Gasteiger partial charge in [0.15, 0.2) is 0 Å². The number of fused-ring (bicyclic) bond motifs is 1. The van der Waals surface area contributed by atoms with E-state index >= 15 is 0 Å². The van der Waals surface area contributed by atoms with Crippen LogP contribution in [0, 0.1) is 6.92 Å². The fourth-order valence-electron chi connectivity index (χ4n) is 4.70. The molecule has 1 saturated heterocycles. The van der Waals surface area contributed by atoms with E-state index in [0.717, 1.165) is 31.2 Å². The smallest absolute Gasteiger partial charge is 0.254 e. The van der Waals surface area contributed by atoms with Crippen LogP contribution < -0.4 is 15.4 Å². The fraction of sp³-hybridized carbons (Fsp3) is 0.400. The summed E-state index contributed by atoms with van der Waals surface area (Å²) in [5.74, 6) is -0.132. The number of nitrogens with zero attached hydrogens (tertiary/aromatic N) is 1. The van der Waals surface area contributed by atoms with Crippen molar-refractivity contribution in [1.29, 1.82) is 0 Å². The van der Waals surface area contributed by atoms with Crippen molar-refractivity contribution >= 4 is 23.4 Å². The monoisotopic (exact) mass is 435 g/mol. The molecule has 0 unspecified atom stereocenters. The number of ether oxygens (including phenoxy) is 1. The summed E-state index contributed by atoms with van der Waals surface area (Å²) in [5, 5.41) is 5.96. The van der Waals surface area contributed by atoms with Gasteiger partial charge in [-0.15, -0.1) is 0 Å². The lowest BCUT2D eigenvalue weighted by Crippen LogP contribution is -2.68. The van der Waals surface area contributed by atoms with E-state index in [0.29, 0.717) is 17.0 Å². The van der Waals surface area contributed by atoms with Gasteiger partial charge >= 0.3 is 0 Å². The molecule has 0 aromatic heterocycles. The number of carbonyl (C=O) groups is 3. The molecule has 0 spiro atoms. The number of nitrogens with one attached hydrogen (secondary N) is 2. The number of anilines is 1. The summed E-state index contributed by atoms with van der Waals surface area (Å²) >= 11 is 0. The second-order valence-corrected chi connectivity index (χ2v) is 8.49. The van der Waals surface area contributed by atoms with Crippen molar-refractivity contribution in [1.82, 2.24) is 10.2 Å². The maximum atomic E-state index is 13.6. The van der Waals surface area contributed by atoms with E-state index < -0.39 is 6.04 Å². The number of piperazine rings is 1. The highest BCUT2D eigenvalue weighted by Gasteiger charge is 2.46. The quantitative estimate of drug-likeness (QED) is 0.755. The van der Waals surface area contributed by atoms with Gasteiger partial charge in [-0.1, -0.05) is 31.0 Å². The number of benzene rings is 2. The first kappa shape index (κ1) is 21.9. The molecule has 2 aromatic rings. The third-order valence-corrected chi connectivity index (χ3v) is 6.42. The van der Waals surface area contributed by atoms with Crippen LogP contribution in [0.2, 0.25) is 0 Å². The van der Waals surface area contributed by atoms with Crippen molar-refractivity contribution in [2.75, 3.05) is 12.4 Å². The Kier molecular flexibility index (Phi) is 6.44. The summed E-state index contributed by atoms with van der Waals surface area (Å²) in [4.78, 5) is 41.2. The molecule has 1 aliphatic heterocycles. The highest BCUT2D eigenvalue weighted by molar-refractivity contribution is 6.01. The number of para-hydroxylation sites is 1. The van der Waals surface area contributed by atoms with Gasteiger partial charge in [0.1, 0.15) is 11.8 Å². The molecule has 2 fully saturated rings. The van der Waals surface area contributed by atoms with E-state index in [-0.39, 0.29) is 36.2 Å². The Labute approximate surface area is 188 Å². The predicted molar refractivity (Wildman–Crippen MR) is 122 cm³/mol. The van der Waals surface area contributed by atoms with E-state index in [2.05, 4.69) is 10.6 Å². The van der Waals surface area contributed by atoms with Crippen LogP contribution >= 0.6 is 0 Å². The molecule has 168 valence electrons.